The molecule has 0 aromatic heterocycles. The minimum Gasteiger partial charge on any atom is -0.391 e. The molecule has 0 radical (unpaired) electrons. The predicted octanol–water partition coefficient (Wildman–Crippen LogP) is 2.30. The van der Waals surface area contributed by atoms with E-state index in [1.54, 1.807) is 4.90 Å². The van der Waals surface area contributed by atoms with Crippen molar-refractivity contribution in [3.63, 3.8) is 0 Å². The molecule has 1 saturated carbocycles. The third-order valence-corrected chi connectivity index (χ3v) is 4.71. The number of hydrogen-bond donors (Lipinski definition) is 1. The zero-order valence-electron chi connectivity index (χ0n) is 11.9. The Morgan fingerprint density at radius 1 is 1.33 bits per heavy atom. The average Bonchev–Trinajstić information content (AvgIpc) is 3.21. The maximum absolute atomic E-state index is 13.7. The molecule has 3 rings (SSSR count). The number of piperidine rings is 1. The molecule has 2 aliphatic rings. The maximum Gasteiger partial charge on any atom is 0.226 e. The highest BCUT2D eigenvalue weighted by Gasteiger charge is 2.48. The Hall–Kier alpha value is -1.49. The molecule has 4 atom stereocenters. The molecular weight excluding hydrogens is 276 g/mol. The first-order chi connectivity index (χ1) is 9.99. The minimum atomic E-state index is -0.581. The summed E-state index contributed by atoms with van der Waals surface area (Å²) in [6.45, 7) is 2.89. The van der Waals surface area contributed by atoms with Crippen LogP contribution >= 0.6 is 0 Å². The second kappa shape index (κ2) is 5.37. The van der Waals surface area contributed by atoms with E-state index in [4.69, 9.17) is 0 Å². The fourth-order valence-electron chi connectivity index (χ4n) is 3.14. The van der Waals surface area contributed by atoms with Crippen molar-refractivity contribution in [2.75, 3.05) is 13.1 Å². The molecule has 4 unspecified atom stereocenters. The Morgan fingerprint density at radius 2 is 2.00 bits per heavy atom. The van der Waals surface area contributed by atoms with Crippen molar-refractivity contribution in [2.24, 2.45) is 11.8 Å². The van der Waals surface area contributed by atoms with Crippen LogP contribution in [0.5, 0.6) is 0 Å². The number of carbonyl (C=O) groups excluding carboxylic acids is 1. The highest BCUT2D eigenvalue weighted by Crippen LogP contribution is 2.50. The summed E-state index contributed by atoms with van der Waals surface area (Å²) in [5.41, 5.74) is 0.0294. The molecule has 5 heteroatoms. The molecule has 2 fully saturated rings. The summed E-state index contributed by atoms with van der Waals surface area (Å²) >= 11 is 0. The van der Waals surface area contributed by atoms with Gasteiger partial charge in [0, 0.05) is 30.5 Å². The van der Waals surface area contributed by atoms with Gasteiger partial charge in [-0.05, 0) is 30.9 Å². The van der Waals surface area contributed by atoms with Crippen molar-refractivity contribution in [3.05, 3.63) is 35.4 Å². The summed E-state index contributed by atoms with van der Waals surface area (Å²) in [4.78, 5) is 14.0. The van der Waals surface area contributed by atoms with Gasteiger partial charge in [0.25, 0.3) is 0 Å². The van der Waals surface area contributed by atoms with Crippen LogP contribution < -0.4 is 0 Å². The normalized spacial score (nSPS) is 32.1. The van der Waals surface area contributed by atoms with Crippen LogP contribution in [0.15, 0.2) is 18.2 Å². The number of amides is 1. The van der Waals surface area contributed by atoms with E-state index in [1.165, 1.54) is 18.2 Å². The van der Waals surface area contributed by atoms with Crippen molar-refractivity contribution < 1.29 is 18.7 Å². The number of rotatable bonds is 2. The smallest absolute Gasteiger partial charge is 0.226 e. The number of nitrogens with zero attached hydrogens (tertiary/aromatic N) is 1. The summed E-state index contributed by atoms with van der Waals surface area (Å²) in [6.07, 6.45) is 0.738. The lowest BCUT2D eigenvalue weighted by molar-refractivity contribution is -0.136. The van der Waals surface area contributed by atoms with Gasteiger partial charge in [-0.15, -0.1) is 0 Å². The topological polar surface area (TPSA) is 40.5 Å². The lowest BCUT2D eigenvalue weighted by atomic mass is 9.95. The largest absolute Gasteiger partial charge is 0.391 e. The lowest BCUT2D eigenvalue weighted by Gasteiger charge is -2.34. The molecule has 1 N–H and O–H groups in total. The first-order valence-corrected chi connectivity index (χ1v) is 7.39. The molecule has 21 heavy (non-hydrogen) atoms. The molecular formula is C16H19F2NO2. The summed E-state index contributed by atoms with van der Waals surface area (Å²) < 4.78 is 27.5. The molecule has 1 aromatic rings. The zero-order chi connectivity index (χ0) is 15.1. The number of aliphatic hydroxyl groups excluding tert-OH is 1. The monoisotopic (exact) mass is 295 g/mol. The fraction of sp³-hybridized carbons (Fsp3) is 0.562. The van der Waals surface area contributed by atoms with Gasteiger partial charge in [-0.25, -0.2) is 8.78 Å². The van der Waals surface area contributed by atoms with Gasteiger partial charge >= 0.3 is 0 Å². The van der Waals surface area contributed by atoms with E-state index in [0.717, 1.165) is 6.42 Å². The molecule has 1 aliphatic heterocycles. The van der Waals surface area contributed by atoms with Gasteiger partial charge in [-0.1, -0.05) is 13.0 Å². The predicted molar refractivity (Wildman–Crippen MR) is 73.6 cm³/mol. The summed E-state index contributed by atoms with van der Waals surface area (Å²) in [6, 6.07) is 3.78. The zero-order valence-corrected chi connectivity index (χ0v) is 11.9. The Kier molecular flexibility index (Phi) is 3.69. The first-order valence-electron chi connectivity index (χ1n) is 7.39. The van der Waals surface area contributed by atoms with Crippen LogP contribution in [0.1, 0.15) is 31.2 Å². The van der Waals surface area contributed by atoms with Crippen LogP contribution in [0, 0.1) is 23.5 Å². The second-order valence-corrected chi connectivity index (χ2v) is 6.20. The van der Waals surface area contributed by atoms with E-state index in [2.05, 4.69) is 0 Å². The number of likely N-dealkylation sites (tertiary alicyclic amines) is 1. The highest BCUT2D eigenvalue weighted by molar-refractivity contribution is 5.83. The van der Waals surface area contributed by atoms with Crippen molar-refractivity contribution in [2.45, 2.75) is 31.8 Å². The van der Waals surface area contributed by atoms with Crippen molar-refractivity contribution >= 4 is 5.91 Å². The van der Waals surface area contributed by atoms with Gasteiger partial charge in [0.1, 0.15) is 11.6 Å². The number of halogens is 2. The molecule has 114 valence electrons. The standard InChI is InChI=1S/C16H19F2NO2/c1-9-5-6-19(8-14(9)20)16(21)11-7-10(11)15-12(17)3-2-4-13(15)18/h2-4,9-11,14,20H,5-8H2,1H3. The average molecular weight is 295 g/mol. The number of carbonyl (C=O) groups is 1. The van der Waals surface area contributed by atoms with E-state index in [0.29, 0.717) is 19.5 Å². The quantitative estimate of drug-likeness (QED) is 0.909. The van der Waals surface area contributed by atoms with Crippen molar-refractivity contribution in [3.8, 4) is 0 Å². The van der Waals surface area contributed by atoms with Crippen LogP contribution in [-0.2, 0) is 4.79 Å². The van der Waals surface area contributed by atoms with E-state index in [9.17, 15) is 18.7 Å². The van der Waals surface area contributed by atoms with Gasteiger partial charge in [0.2, 0.25) is 5.91 Å². The van der Waals surface area contributed by atoms with E-state index < -0.39 is 17.7 Å². The van der Waals surface area contributed by atoms with Gasteiger partial charge in [-0.3, -0.25) is 4.79 Å². The summed E-state index contributed by atoms with van der Waals surface area (Å²) in [5.74, 6) is -1.78. The molecule has 1 amide bonds. The molecule has 1 aromatic carbocycles. The van der Waals surface area contributed by atoms with Gasteiger partial charge < -0.3 is 10.0 Å². The summed E-state index contributed by atoms with van der Waals surface area (Å²) in [5, 5.41) is 9.86. The van der Waals surface area contributed by atoms with E-state index in [-0.39, 0.29) is 29.2 Å². The number of β-amino-alcohol motifs (C(OH)–C–C–N with tert-alkyl or cyclic N) is 1. The van der Waals surface area contributed by atoms with E-state index in [1.807, 2.05) is 6.92 Å². The lowest BCUT2D eigenvalue weighted by Crippen LogP contribution is -2.46. The Bertz CT molecular complexity index is 543. The Labute approximate surface area is 122 Å². The Morgan fingerprint density at radius 3 is 2.62 bits per heavy atom. The third-order valence-electron chi connectivity index (χ3n) is 4.71. The first kappa shape index (κ1) is 14.4. The van der Waals surface area contributed by atoms with Crippen LogP contribution in [0.25, 0.3) is 0 Å². The molecule has 0 bridgehead atoms. The SMILES string of the molecule is CC1CCN(C(=O)C2CC2c2c(F)cccc2F)CC1O. The van der Waals surface area contributed by atoms with Crippen molar-refractivity contribution in [1.82, 2.24) is 4.90 Å². The number of benzene rings is 1. The van der Waals surface area contributed by atoms with E-state index >= 15 is 0 Å². The van der Waals surface area contributed by atoms with Crippen LogP contribution in [-0.4, -0.2) is 35.1 Å². The van der Waals surface area contributed by atoms with Gasteiger partial charge in [0.05, 0.1) is 6.10 Å². The molecule has 1 aliphatic carbocycles. The second-order valence-electron chi connectivity index (χ2n) is 6.20. The molecule has 1 saturated heterocycles. The van der Waals surface area contributed by atoms with Gasteiger partial charge in [0.15, 0.2) is 0 Å². The van der Waals surface area contributed by atoms with Crippen LogP contribution in [0.3, 0.4) is 0 Å². The minimum absolute atomic E-state index is 0.0294. The summed E-state index contributed by atoms with van der Waals surface area (Å²) in [7, 11) is 0. The van der Waals surface area contributed by atoms with Crippen LogP contribution in [0.2, 0.25) is 0 Å². The number of aliphatic hydroxyl groups is 1. The van der Waals surface area contributed by atoms with Crippen molar-refractivity contribution in [1.29, 1.82) is 0 Å². The molecule has 0 spiro atoms. The maximum atomic E-state index is 13.7. The number of hydrogen-bond acceptors (Lipinski definition) is 2. The third kappa shape index (κ3) is 2.67. The van der Waals surface area contributed by atoms with Crippen LogP contribution in [0.4, 0.5) is 8.78 Å². The molecule has 3 nitrogen and oxygen atoms in total. The Balaban J connectivity index is 1.69. The highest BCUT2D eigenvalue weighted by atomic mass is 19.1. The molecule has 1 heterocycles. The fourth-order valence-corrected chi connectivity index (χ4v) is 3.14. The van der Waals surface area contributed by atoms with Gasteiger partial charge in [-0.2, -0.15) is 0 Å².